The van der Waals surface area contributed by atoms with Gasteiger partial charge >= 0.3 is 12.1 Å². The van der Waals surface area contributed by atoms with Gasteiger partial charge < -0.3 is 19.9 Å². The molecule has 0 bridgehead atoms. The third-order valence-corrected chi connectivity index (χ3v) is 5.14. The molecule has 7 heteroatoms. The van der Waals surface area contributed by atoms with Crippen LogP contribution in [0.25, 0.3) is 0 Å². The third-order valence-electron chi connectivity index (χ3n) is 3.43. The zero-order chi connectivity index (χ0) is 22.5. The van der Waals surface area contributed by atoms with E-state index >= 15 is 0 Å². The van der Waals surface area contributed by atoms with Gasteiger partial charge in [-0.2, -0.15) is 0 Å². The summed E-state index contributed by atoms with van der Waals surface area (Å²) in [6, 6.07) is 7.95. The molecular weight excluding hydrogens is 350 g/mol. The van der Waals surface area contributed by atoms with Gasteiger partial charge in [-0.1, -0.05) is 50.0 Å². The van der Waals surface area contributed by atoms with Crippen molar-refractivity contribution in [2.24, 2.45) is 0 Å². The Kier molecular flexibility index (Phi) is 6.20. The zero-order valence-corrected chi connectivity index (χ0v) is 17.0. The summed E-state index contributed by atoms with van der Waals surface area (Å²) in [6.07, 6.45) is -2.74. The highest BCUT2D eigenvalue weighted by Crippen LogP contribution is 2.20. The van der Waals surface area contributed by atoms with Gasteiger partial charge in [-0.05, 0) is 32.3 Å². The molecule has 0 aliphatic rings. The van der Waals surface area contributed by atoms with E-state index in [2.05, 4.69) is 25.0 Å². The van der Waals surface area contributed by atoms with Crippen LogP contribution in [0.2, 0.25) is 25.7 Å². The van der Waals surface area contributed by atoms with E-state index in [1.54, 1.807) is 30.3 Å². The first kappa shape index (κ1) is 17.5. The number of alkyl carbamates (subject to hydrolysis) is 1. The number of benzene rings is 1. The summed E-state index contributed by atoms with van der Waals surface area (Å²) in [4.78, 5) is 24.7. The standard InChI is InChI=1S/C19H31NO5Si/c1-19(2,3)25-18(23)20-15(14-10-8-7-9-11-14)16(21)17(22)24-12-13-26(4,5)6/h7-11,15-16,21H,12-13H2,1-6H3,(H,20,23)/t15-,16+/m0/s1/i1D3. The SMILES string of the molecule is [2H]C([2H])([2H])C(C)(C)OC(=O)N[C@@H](c1ccccc1)[C@@H](O)C(=O)OCC[Si](C)(C)C. The average molecular weight is 385 g/mol. The van der Waals surface area contributed by atoms with Gasteiger partial charge in [0, 0.05) is 12.2 Å². The van der Waals surface area contributed by atoms with Crippen LogP contribution in [0.3, 0.4) is 0 Å². The first-order valence-corrected chi connectivity index (χ1v) is 12.2. The Bertz CT molecular complexity index is 689. The van der Waals surface area contributed by atoms with E-state index in [1.165, 1.54) is 13.8 Å². The lowest BCUT2D eigenvalue weighted by Crippen LogP contribution is -2.43. The number of amides is 1. The maximum Gasteiger partial charge on any atom is 0.408 e. The predicted octanol–water partition coefficient (Wildman–Crippen LogP) is 3.49. The van der Waals surface area contributed by atoms with Crippen molar-refractivity contribution >= 4 is 20.1 Å². The van der Waals surface area contributed by atoms with E-state index in [-0.39, 0.29) is 6.61 Å². The summed E-state index contributed by atoms with van der Waals surface area (Å²) in [5.74, 6) is -0.868. The highest BCUT2D eigenvalue weighted by Gasteiger charge is 2.32. The number of carbonyl (C=O) groups is 2. The minimum Gasteiger partial charge on any atom is -0.464 e. The molecule has 0 heterocycles. The monoisotopic (exact) mass is 384 g/mol. The van der Waals surface area contributed by atoms with Crippen molar-refractivity contribution in [3.05, 3.63) is 35.9 Å². The van der Waals surface area contributed by atoms with Crippen molar-refractivity contribution in [1.82, 2.24) is 5.32 Å². The first-order valence-electron chi connectivity index (χ1n) is 10.0. The second-order valence-corrected chi connectivity index (χ2v) is 13.5. The molecule has 1 aromatic rings. The summed E-state index contributed by atoms with van der Waals surface area (Å²) in [5.41, 5.74) is -1.30. The Balaban J connectivity index is 2.92. The molecule has 2 atom stereocenters. The molecule has 6 nitrogen and oxygen atoms in total. The predicted molar refractivity (Wildman–Crippen MR) is 104 cm³/mol. The number of aliphatic hydroxyl groups excluding tert-OH is 1. The van der Waals surface area contributed by atoms with Crippen molar-refractivity contribution in [2.45, 2.75) is 64.1 Å². The van der Waals surface area contributed by atoms with Crippen LogP contribution in [-0.4, -0.2) is 43.6 Å². The molecule has 0 aliphatic carbocycles. The molecule has 0 spiro atoms. The van der Waals surface area contributed by atoms with Crippen molar-refractivity contribution < 1.29 is 28.3 Å². The van der Waals surface area contributed by atoms with Gasteiger partial charge in [0.2, 0.25) is 0 Å². The quantitative estimate of drug-likeness (QED) is 0.555. The van der Waals surface area contributed by atoms with Gasteiger partial charge in [0.15, 0.2) is 6.10 Å². The molecule has 0 fully saturated rings. The Morgan fingerprint density at radius 1 is 1.27 bits per heavy atom. The largest absolute Gasteiger partial charge is 0.464 e. The number of carbonyl (C=O) groups excluding carboxylic acids is 2. The van der Waals surface area contributed by atoms with E-state index in [1.807, 2.05) is 0 Å². The third kappa shape index (κ3) is 8.49. The molecule has 0 aliphatic heterocycles. The molecule has 1 aromatic carbocycles. The molecule has 1 amide bonds. The molecule has 0 unspecified atom stereocenters. The van der Waals surface area contributed by atoms with E-state index < -0.39 is 44.7 Å². The number of hydrogen-bond donors (Lipinski definition) is 2. The van der Waals surface area contributed by atoms with Crippen LogP contribution in [0.1, 0.15) is 36.4 Å². The minimum atomic E-state index is -2.54. The lowest BCUT2D eigenvalue weighted by atomic mass is 10.0. The van der Waals surface area contributed by atoms with E-state index in [0.717, 1.165) is 6.04 Å². The maximum atomic E-state index is 12.3. The zero-order valence-electron chi connectivity index (χ0n) is 19.0. The maximum absolute atomic E-state index is 12.3. The topological polar surface area (TPSA) is 84.9 Å². The van der Waals surface area contributed by atoms with Crippen LogP contribution in [0.15, 0.2) is 30.3 Å². The Hall–Kier alpha value is -1.86. The molecule has 2 N–H and O–H groups in total. The number of esters is 1. The van der Waals surface area contributed by atoms with Crippen LogP contribution in [-0.2, 0) is 14.3 Å². The van der Waals surface area contributed by atoms with Crippen molar-refractivity contribution in [3.8, 4) is 0 Å². The van der Waals surface area contributed by atoms with Crippen LogP contribution in [0, 0.1) is 0 Å². The fraction of sp³-hybridized carbons (Fsp3) is 0.579. The first-order chi connectivity index (χ1) is 13.1. The molecule has 0 aromatic heterocycles. The second kappa shape index (κ2) is 9.18. The van der Waals surface area contributed by atoms with Gasteiger partial charge in [0.05, 0.1) is 12.6 Å². The van der Waals surface area contributed by atoms with E-state index in [4.69, 9.17) is 13.6 Å². The van der Waals surface area contributed by atoms with E-state index in [0.29, 0.717) is 5.56 Å². The summed E-state index contributed by atoms with van der Waals surface area (Å²) < 4.78 is 32.6. The minimum absolute atomic E-state index is 0.184. The summed E-state index contributed by atoms with van der Waals surface area (Å²) in [6.45, 7) is 6.57. The highest BCUT2D eigenvalue weighted by molar-refractivity contribution is 6.76. The van der Waals surface area contributed by atoms with Crippen molar-refractivity contribution in [3.63, 3.8) is 0 Å². The average Bonchev–Trinajstić information content (AvgIpc) is 2.57. The Morgan fingerprint density at radius 3 is 2.42 bits per heavy atom. The summed E-state index contributed by atoms with van der Waals surface area (Å²) in [5, 5.41) is 12.9. The number of nitrogens with one attached hydrogen (secondary N) is 1. The van der Waals surface area contributed by atoms with E-state index in [9.17, 15) is 14.7 Å². The molecule has 0 saturated heterocycles. The number of hydrogen-bond acceptors (Lipinski definition) is 5. The Labute approximate surface area is 161 Å². The number of aliphatic hydroxyl groups is 1. The fourth-order valence-electron chi connectivity index (χ4n) is 2.07. The van der Waals surface area contributed by atoms with Gasteiger partial charge in [-0.25, -0.2) is 9.59 Å². The Morgan fingerprint density at radius 2 is 1.88 bits per heavy atom. The molecule has 0 saturated carbocycles. The summed E-state index contributed by atoms with van der Waals surface area (Å²) in [7, 11) is -1.42. The second-order valence-electron chi connectivity index (χ2n) is 7.86. The lowest BCUT2D eigenvalue weighted by Gasteiger charge is -2.26. The van der Waals surface area contributed by atoms with Crippen LogP contribution >= 0.6 is 0 Å². The lowest BCUT2D eigenvalue weighted by molar-refractivity contribution is -0.154. The van der Waals surface area contributed by atoms with Gasteiger partial charge in [-0.15, -0.1) is 0 Å². The number of rotatable bonds is 7. The molecule has 0 radical (unpaired) electrons. The fourth-order valence-corrected chi connectivity index (χ4v) is 2.79. The highest BCUT2D eigenvalue weighted by atomic mass is 28.3. The molecular formula is C19H31NO5Si. The molecule has 1 rings (SSSR count). The van der Waals surface area contributed by atoms with Crippen molar-refractivity contribution in [2.75, 3.05) is 6.61 Å². The summed E-state index contributed by atoms with van der Waals surface area (Å²) >= 11 is 0. The normalized spacial score (nSPS) is 16.5. The van der Waals surface area contributed by atoms with Crippen molar-refractivity contribution in [1.29, 1.82) is 0 Å². The van der Waals surface area contributed by atoms with Crippen LogP contribution < -0.4 is 5.32 Å². The van der Waals surface area contributed by atoms with Gasteiger partial charge in [0.1, 0.15) is 5.60 Å². The van der Waals surface area contributed by atoms with Crippen LogP contribution in [0.4, 0.5) is 4.79 Å². The molecule has 26 heavy (non-hydrogen) atoms. The van der Waals surface area contributed by atoms with Gasteiger partial charge in [-0.3, -0.25) is 0 Å². The smallest absolute Gasteiger partial charge is 0.408 e. The van der Waals surface area contributed by atoms with Crippen LogP contribution in [0.5, 0.6) is 0 Å². The van der Waals surface area contributed by atoms with Gasteiger partial charge in [0.25, 0.3) is 0 Å². The molecule has 146 valence electrons. The number of ether oxygens (including phenoxy) is 2.